The van der Waals surface area contributed by atoms with Crippen molar-refractivity contribution in [3.05, 3.63) is 60.5 Å². The van der Waals surface area contributed by atoms with Crippen LogP contribution in [-0.2, 0) is 9.59 Å². The summed E-state index contributed by atoms with van der Waals surface area (Å²) in [6.07, 6.45) is 1.83. The first-order valence-electron chi connectivity index (χ1n) is 11.1. The SMILES string of the molecule is O=C(CN1CCN(C(=O)CSc2nnc(-c3c[nH]c4ccccc34)o2)CC1)Nc1ccc(F)cc1. The number of aromatic amines is 1. The van der Waals surface area contributed by atoms with Crippen molar-refractivity contribution in [3.63, 3.8) is 0 Å². The largest absolute Gasteiger partial charge is 0.411 e. The predicted molar refractivity (Wildman–Crippen MR) is 130 cm³/mol. The molecule has 1 fully saturated rings. The maximum Gasteiger partial charge on any atom is 0.277 e. The molecule has 4 aromatic rings. The molecule has 1 saturated heterocycles. The molecular formula is C24H23FN6O3S. The molecule has 0 radical (unpaired) electrons. The molecule has 1 aliphatic heterocycles. The van der Waals surface area contributed by atoms with Gasteiger partial charge >= 0.3 is 0 Å². The van der Waals surface area contributed by atoms with Gasteiger partial charge in [0.15, 0.2) is 0 Å². The number of anilines is 1. The number of nitrogens with zero attached hydrogens (tertiary/aromatic N) is 4. The third-order valence-electron chi connectivity index (χ3n) is 5.77. The highest BCUT2D eigenvalue weighted by atomic mass is 32.2. The molecule has 0 atom stereocenters. The lowest BCUT2D eigenvalue weighted by atomic mass is 10.2. The van der Waals surface area contributed by atoms with Crippen LogP contribution in [0.4, 0.5) is 10.1 Å². The maximum atomic E-state index is 13.0. The minimum Gasteiger partial charge on any atom is -0.411 e. The van der Waals surface area contributed by atoms with E-state index < -0.39 is 0 Å². The van der Waals surface area contributed by atoms with Gasteiger partial charge in [-0.05, 0) is 30.3 Å². The van der Waals surface area contributed by atoms with E-state index in [0.717, 1.165) is 16.5 Å². The van der Waals surface area contributed by atoms with Crippen LogP contribution in [0.25, 0.3) is 22.4 Å². The number of benzene rings is 2. The number of thioether (sulfide) groups is 1. The third kappa shape index (κ3) is 5.52. The molecule has 2 N–H and O–H groups in total. The number of hydrogen-bond donors (Lipinski definition) is 2. The summed E-state index contributed by atoms with van der Waals surface area (Å²) in [5.41, 5.74) is 2.36. The van der Waals surface area contributed by atoms with Crippen molar-refractivity contribution in [3.8, 4) is 11.5 Å². The highest BCUT2D eigenvalue weighted by Crippen LogP contribution is 2.29. The number of amides is 2. The Hall–Kier alpha value is -3.70. The van der Waals surface area contributed by atoms with Crippen LogP contribution in [0.1, 0.15) is 0 Å². The van der Waals surface area contributed by atoms with Gasteiger partial charge in [-0.3, -0.25) is 14.5 Å². The van der Waals surface area contributed by atoms with Crippen molar-refractivity contribution in [2.75, 3.05) is 43.8 Å². The van der Waals surface area contributed by atoms with Gasteiger partial charge in [0.2, 0.25) is 11.8 Å². The summed E-state index contributed by atoms with van der Waals surface area (Å²) in [5, 5.41) is 12.3. The van der Waals surface area contributed by atoms with E-state index in [1.807, 2.05) is 35.4 Å². The molecule has 9 nitrogen and oxygen atoms in total. The normalized spacial score (nSPS) is 14.4. The van der Waals surface area contributed by atoms with Gasteiger partial charge in [0.05, 0.1) is 17.9 Å². The van der Waals surface area contributed by atoms with Gasteiger partial charge in [-0.1, -0.05) is 30.0 Å². The zero-order valence-electron chi connectivity index (χ0n) is 18.7. The van der Waals surface area contributed by atoms with Crippen LogP contribution in [-0.4, -0.2) is 75.3 Å². The lowest BCUT2D eigenvalue weighted by Crippen LogP contribution is -2.50. The Balaban J connectivity index is 1.07. The van der Waals surface area contributed by atoms with Gasteiger partial charge in [0, 0.05) is 49.0 Å². The fourth-order valence-electron chi connectivity index (χ4n) is 3.93. The van der Waals surface area contributed by atoms with E-state index in [0.29, 0.717) is 43.0 Å². The first kappa shape index (κ1) is 23.1. The van der Waals surface area contributed by atoms with Crippen LogP contribution in [0.3, 0.4) is 0 Å². The standard InChI is InChI=1S/C24H23FN6O3S/c25-16-5-7-17(8-6-16)27-21(32)14-30-9-11-31(12-10-30)22(33)15-35-24-29-28-23(34-24)19-13-26-20-4-2-1-3-18(19)20/h1-8,13,26H,9-12,14-15H2,(H,27,32). The van der Waals surface area contributed by atoms with Gasteiger partial charge in [0.25, 0.3) is 11.1 Å². The second kappa shape index (κ2) is 10.3. The van der Waals surface area contributed by atoms with Gasteiger partial charge in [0.1, 0.15) is 5.82 Å². The van der Waals surface area contributed by atoms with E-state index in [1.54, 1.807) is 4.90 Å². The van der Waals surface area contributed by atoms with E-state index in [-0.39, 0.29) is 29.9 Å². The fourth-order valence-corrected chi connectivity index (χ4v) is 4.60. The number of carbonyl (C=O) groups excluding carboxylic acids is 2. The smallest absolute Gasteiger partial charge is 0.277 e. The molecule has 0 saturated carbocycles. The zero-order chi connectivity index (χ0) is 24.2. The number of H-pyrrole nitrogens is 1. The van der Waals surface area contributed by atoms with Crippen molar-refractivity contribution in [1.82, 2.24) is 25.0 Å². The number of halogens is 1. The topological polar surface area (TPSA) is 107 Å². The maximum absolute atomic E-state index is 13.0. The van der Waals surface area contributed by atoms with E-state index >= 15 is 0 Å². The summed E-state index contributed by atoms with van der Waals surface area (Å²) in [6.45, 7) is 2.48. The summed E-state index contributed by atoms with van der Waals surface area (Å²) in [7, 11) is 0. The Morgan fingerprint density at radius 1 is 1.06 bits per heavy atom. The predicted octanol–water partition coefficient (Wildman–Crippen LogP) is 3.23. The number of aromatic nitrogens is 3. The van der Waals surface area contributed by atoms with Crippen molar-refractivity contribution >= 4 is 40.2 Å². The molecule has 0 unspecified atom stereocenters. The summed E-state index contributed by atoms with van der Waals surface area (Å²) in [4.78, 5) is 31.8. The lowest BCUT2D eigenvalue weighted by molar-refractivity contribution is -0.130. The Kier molecular flexibility index (Phi) is 6.77. The van der Waals surface area contributed by atoms with Crippen LogP contribution < -0.4 is 5.32 Å². The molecule has 3 heterocycles. The third-order valence-corrected chi connectivity index (χ3v) is 6.57. The quantitative estimate of drug-likeness (QED) is 0.380. The molecule has 35 heavy (non-hydrogen) atoms. The van der Waals surface area contributed by atoms with Gasteiger partial charge in [-0.15, -0.1) is 10.2 Å². The molecule has 5 rings (SSSR count). The Morgan fingerprint density at radius 2 is 1.83 bits per heavy atom. The average Bonchev–Trinajstić information content (AvgIpc) is 3.51. The molecule has 11 heteroatoms. The van der Waals surface area contributed by atoms with Crippen molar-refractivity contribution < 1.29 is 18.4 Å². The average molecular weight is 495 g/mol. The van der Waals surface area contributed by atoms with Crippen LogP contribution in [0.15, 0.2) is 64.4 Å². The van der Waals surface area contributed by atoms with Crippen molar-refractivity contribution in [2.24, 2.45) is 0 Å². The number of rotatable bonds is 7. The van der Waals surface area contributed by atoms with E-state index in [9.17, 15) is 14.0 Å². The molecule has 0 bridgehead atoms. The molecule has 1 aliphatic rings. The van der Waals surface area contributed by atoms with Crippen LogP contribution in [0, 0.1) is 5.82 Å². The monoisotopic (exact) mass is 494 g/mol. The number of para-hydroxylation sites is 1. The minimum absolute atomic E-state index is 0.0164. The van der Waals surface area contributed by atoms with Crippen LogP contribution in [0.2, 0.25) is 0 Å². The van der Waals surface area contributed by atoms with E-state index in [2.05, 4.69) is 20.5 Å². The van der Waals surface area contributed by atoms with Gasteiger partial charge in [-0.2, -0.15) is 0 Å². The van der Waals surface area contributed by atoms with E-state index in [4.69, 9.17) is 4.42 Å². The summed E-state index contributed by atoms with van der Waals surface area (Å²) in [5.74, 6) is 0.0629. The minimum atomic E-state index is -0.351. The molecule has 2 aromatic carbocycles. The number of carbonyl (C=O) groups is 2. The molecule has 0 aliphatic carbocycles. The first-order chi connectivity index (χ1) is 17.0. The Morgan fingerprint density at radius 3 is 2.63 bits per heavy atom. The lowest BCUT2D eigenvalue weighted by Gasteiger charge is -2.34. The summed E-state index contributed by atoms with van der Waals surface area (Å²) < 4.78 is 18.8. The van der Waals surface area contributed by atoms with Crippen LogP contribution >= 0.6 is 11.8 Å². The van der Waals surface area contributed by atoms with Crippen molar-refractivity contribution in [1.29, 1.82) is 0 Å². The second-order valence-electron chi connectivity index (χ2n) is 8.12. The van der Waals surface area contributed by atoms with Crippen LogP contribution in [0.5, 0.6) is 0 Å². The zero-order valence-corrected chi connectivity index (χ0v) is 19.6. The molecule has 0 spiro atoms. The number of nitrogens with one attached hydrogen (secondary N) is 2. The second-order valence-corrected chi connectivity index (χ2v) is 9.05. The van der Waals surface area contributed by atoms with E-state index in [1.165, 1.54) is 36.0 Å². The molecule has 2 aromatic heterocycles. The molecular weight excluding hydrogens is 471 g/mol. The highest BCUT2D eigenvalue weighted by molar-refractivity contribution is 7.99. The van der Waals surface area contributed by atoms with Gasteiger partial charge in [-0.25, -0.2) is 4.39 Å². The van der Waals surface area contributed by atoms with Gasteiger partial charge < -0.3 is 19.6 Å². The summed E-state index contributed by atoms with van der Waals surface area (Å²) >= 11 is 1.21. The number of fused-ring (bicyclic) bond motifs is 1. The number of piperazine rings is 1. The Labute approximate surface area is 204 Å². The summed E-state index contributed by atoms with van der Waals surface area (Å²) in [6, 6.07) is 13.5. The molecule has 2 amide bonds. The van der Waals surface area contributed by atoms with Crippen molar-refractivity contribution in [2.45, 2.75) is 5.22 Å². The highest BCUT2D eigenvalue weighted by Gasteiger charge is 2.23. The first-order valence-corrected chi connectivity index (χ1v) is 12.1. The molecule has 180 valence electrons. The number of hydrogen-bond acceptors (Lipinski definition) is 7. The Bertz CT molecular complexity index is 1330. The fraction of sp³-hybridized carbons (Fsp3) is 0.250.